The summed E-state index contributed by atoms with van der Waals surface area (Å²) in [5.41, 5.74) is 0. The van der Waals surface area contributed by atoms with Crippen molar-refractivity contribution in [3.05, 3.63) is 0 Å². The van der Waals surface area contributed by atoms with Gasteiger partial charge in [0.15, 0.2) is 0 Å². The van der Waals surface area contributed by atoms with E-state index in [4.69, 9.17) is 0 Å². The molecule has 0 bridgehead atoms. The highest BCUT2D eigenvalue weighted by Gasteiger charge is 2.32. The zero-order valence-corrected chi connectivity index (χ0v) is 13.2. The van der Waals surface area contributed by atoms with Crippen LogP contribution in [0.15, 0.2) is 0 Å². The number of unbranched alkanes of at least 4 members (excludes halogenated alkanes) is 1. The number of nitrogens with one attached hydrogen (secondary N) is 1. The average molecular weight is 254 g/mol. The van der Waals surface area contributed by atoms with Crippen molar-refractivity contribution in [3.8, 4) is 0 Å². The molecule has 0 amide bonds. The third-order valence-electron chi connectivity index (χ3n) is 4.34. The molecule has 0 radical (unpaired) electrons. The topological polar surface area (TPSA) is 15.3 Å². The van der Waals surface area contributed by atoms with Gasteiger partial charge in [0.25, 0.3) is 0 Å². The molecule has 0 spiro atoms. The summed E-state index contributed by atoms with van der Waals surface area (Å²) in [7, 11) is 0. The van der Waals surface area contributed by atoms with E-state index in [9.17, 15) is 0 Å². The van der Waals surface area contributed by atoms with Gasteiger partial charge in [0.2, 0.25) is 0 Å². The Morgan fingerprint density at radius 1 is 1.17 bits per heavy atom. The van der Waals surface area contributed by atoms with Gasteiger partial charge in [-0.15, -0.1) is 0 Å². The van der Waals surface area contributed by atoms with E-state index in [1.807, 2.05) is 0 Å². The molecule has 0 aromatic rings. The number of hydrogen-bond donors (Lipinski definition) is 1. The van der Waals surface area contributed by atoms with Crippen LogP contribution in [0.5, 0.6) is 0 Å². The molecule has 1 aliphatic heterocycles. The standard InChI is InChI=1S/C16H34N2/c1-6-8-10-15(9-7-2)18-12-14(5)17-11-16(18)13(3)4/h13-17H,6-12H2,1-5H3. The molecule has 0 aromatic heterocycles. The lowest BCUT2D eigenvalue weighted by molar-refractivity contribution is 0.0498. The van der Waals surface area contributed by atoms with E-state index in [2.05, 4.69) is 44.8 Å². The van der Waals surface area contributed by atoms with E-state index in [0.29, 0.717) is 6.04 Å². The Bertz CT molecular complexity index is 215. The molecular weight excluding hydrogens is 220 g/mol. The van der Waals surface area contributed by atoms with Crippen molar-refractivity contribution in [2.75, 3.05) is 13.1 Å². The van der Waals surface area contributed by atoms with Crippen molar-refractivity contribution in [1.29, 1.82) is 0 Å². The van der Waals surface area contributed by atoms with Crippen LogP contribution in [-0.2, 0) is 0 Å². The lowest BCUT2D eigenvalue weighted by atomic mass is 9.93. The van der Waals surface area contributed by atoms with E-state index in [-0.39, 0.29) is 0 Å². The summed E-state index contributed by atoms with van der Waals surface area (Å²) in [6.45, 7) is 14.1. The highest BCUT2D eigenvalue weighted by atomic mass is 15.3. The Morgan fingerprint density at radius 3 is 2.44 bits per heavy atom. The Balaban J connectivity index is 2.68. The zero-order valence-electron chi connectivity index (χ0n) is 13.2. The smallest absolute Gasteiger partial charge is 0.0247 e. The molecule has 2 heteroatoms. The van der Waals surface area contributed by atoms with Crippen molar-refractivity contribution >= 4 is 0 Å². The summed E-state index contributed by atoms with van der Waals surface area (Å²) in [6.07, 6.45) is 6.79. The van der Waals surface area contributed by atoms with Gasteiger partial charge in [-0.3, -0.25) is 4.90 Å². The van der Waals surface area contributed by atoms with Crippen LogP contribution < -0.4 is 5.32 Å². The first kappa shape index (κ1) is 16.0. The second-order valence-corrected chi connectivity index (χ2v) is 6.40. The molecule has 1 heterocycles. The van der Waals surface area contributed by atoms with E-state index < -0.39 is 0 Å². The Kier molecular flexibility index (Phi) is 7.25. The fraction of sp³-hybridized carbons (Fsp3) is 1.00. The summed E-state index contributed by atoms with van der Waals surface area (Å²) in [5, 5.41) is 3.65. The summed E-state index contributed by atoms with van der Waals surface area (Å²) >= 11 is 0. The van der Waals surface area contributed by atoms with Gasteiger partial charge >= 0.3 is 0 Å². The quantitative estimate of drug-likeness (QED) is 0.746. The minimum Gasteiger partial charge on any atom is -0.311 e. The van der Waals surface area contributed by atoms with Crippen LogP contribution in [0.4, 0.5) is 0 Å². The summed E-state index contributed by atoms with van der Waals surface area (Å²) in [6, 6.07) is 2.20. The third kappa shape index (κ3) is 4.55. The molecule has 0 saturated carbocycles. The molecule has 1 fully saturated rings. The lowest BCUT2D eigenvalue weighted by Crippen LogP contribution is -2.60. The minimum atomic E-state index is 0.654. The van der Waals surface area contributed by atoms with Crippen LogP contribution in [0.25, 0.3) is 0 Å². The first-order chi connectivity index (χ1) is 8.60. The maximum atomic E-state index is 3.65. The second-order valence-electron chi connectivity index (χ2n) is 6.40. The van der Waals surface area contributed by atoms with Crippen LogP contribution in [0.2, 0.25) is 0 Å². The third-order valence-corrected chi connectivity index (χ3v) is 4.34. The van der Waals surface area contributed by atoms with Crippen LogP contribution >= 0.6 is 0 Å². The SMILES string of the molecule is CCCCC(CCC)N1CC(C)NCC1C(C)C. The zero-order chi connectivity index (χ0) is 13.5. The number of hydrogen-bond acceptors (Lipinski definition) is 2. The van der Waals surface area contributed by atoms with E-state index in [1.165, 1.54) is 45.2 Å². The highest BCUT2D eigenvalue weighted by Crippen LogP contribution is 2.23. The van der Waals surface area contributed by atoms with Gasteiger partial charge in [-0.05, 0) is 25.7 Å². The Hall–Kier alpha value is -0.0800. The Morgan fingerprint density at radius 2 is 1.89 bits per heavy atom. The van der Waals surface area contributed by atoms with Gasteiger partial charge in [0.1, 0.15) is 0 Å². The molecule has 3 atom stereocenters. The number of piperazine rings is 1. The van der Waals surface area contributed by atoms with E-state index in [0.717, 1.165) is 18.0 Å². The summed E-state index contributed by atoms with van der Waals surface area (Å²) in [4.78, 5) is 2.82. The first-order valence-electron chi connectivity index (χ1n) is 8.09. The molecule has 1 N–H and O–H groups in total. The van der Waals surface area contributed by atoms with Gasteiger partial charge in [0, 0.05) is 31.2 Å². The maximum absolute atomic E-state index is 3.65. The van der Waals surface area contributed by atoms with Gasteiger partial charge in [-0.2, -0.15) is 0 Å². The van der Waals surface area contributed by atoms with Crippen molar-refractivity contribution < 1.29 is 0 Å². The van der Waals surface area contributed by atoms with Crippen LogP contribution in [0.3, 0.4) is 0 Å². The largest absolute Gasteiger partial charge is 0.311 e. The summed E-state index contributed by atoms with van der Waals surface area (Å²) < 4.78 is 0. The minimum absolute atomic E-state index is 0.654. The average Bonchev–Trinajstić information content (AvgIpc) is 2.34. The van der Waals surface area contributed by atoms with Crippen molar-refractivity contribution in [2.24, 2.45) is 5.92 Å². The second kappa shape index (κ2) is 8.16. The molecule has 1 saturated heterocycles. The maximum Gasteiger partial charge on any atom is 0.0247 e. The number of nitrogens with zero attached hydrogens (tertiary/aromatic N) is 1. The fourth-order valence-electron chi connectivity index (χ4n) is 3.24. The lowest BCUT2D eigenvalue weighted by Gasteiger charge is -2.46. The van der Waals surface area contributed by atoms with Gasteiger partial charge in [-0.1, -0.05) is 47.0 Å². The number of rotatable bonds is 7. The van der Waals surface area contributed by atoms with Gasteiger partial charge in [-0.25, -0.2) is 0 Å². The molecule has 2 nitrogen and oxygen atoms in total. The van der Waals surface area contributed by atoms with Crippen LogP contribution in [0, 0.1) is 5.92 Å². The first-order valence-corrected chi connectivity index (χ1v) is 8.09. The predicted molar refractivity (Wildman–Crippen MR) is 81.0 cm³/mol. The molecule has 0 aromatic carbocycles. The predicted octanol–water partition coefficient (Wildman–Crippen LogP) is 3.66. The van der Waals surface area contributed by atoms with Gasteiger partial charge < -0.3 is 5.32 Å². The van der Waals surface area contributed by atoms with Crippen LogP contribution in [-0.4, -0.2) is 36.1 Å². The van der Waals surface area contributed by atoms with Crippen molar-refractivity contribution in [2.45, 2.75) is 84.8 Å². The van der Waals surface area contributed by atoms with Crippen molar-refractivity contribution in [3.63, 3.8) is 0 Å². The fourth-order valence-corrected chi connectivity index (χ4v) is 3.24. The normalized spacial score (nSPS) is 27.7. The van der Waals surface area contributed by atoms with E-state index in [1.54, 1.807) is 0 Å². The van der Waals surface area contributed by atoms with E-state index >= 15 is 0 Å². The highest BCUT2D eigenvalue weighted by molar-refractivity contribution is 4.89. The molecule has 1 aliphatic rings. The molecule has 0 aliphatic carbocycles. The molecule has 18 heavy (non-hydrogen) atoms. The molecule has 3 unspecified atom stereocenters. The molecular formula is C16H34N2. The van der Waals surface area contributed by atoms with Crippen LogP contribution in [0.1, 0.15) is 66.7 Å². The van der Waals surface area contributed by atoms with Crippen molar-refractivity contribution in [1.82, 2.24) is 10.2 Å². The molecule has 108 valence electrons. The molecule has 1 rings (SSSR count). The Labute approximate surface area is 115 Å². The monoisotopic (exact) mass is 254 g/mol. The van der Waals surface area contributed by atoms with Gasteiger partial charge in [0.05, 0.1) is 0 Å². The summed E-state index contributed by atoms with van der Waals surface area (Å²) in [5.74, 6) is 0.756.